The molecule has 3 aromatic heterocycles. The van der Waals surface area contributed by atoms with Gasteiger partial charge in [0.05, 0.1) is 11.6 Å². The second kappa shape index (κ2) is 6.01. The summed E-state index contributed by atoms with van der Waals surface area (Å²) in [7, 11) is 1.84. The van der Waals surface area contributed by atoms with Gasteiger partial charge >= 0.3 is 6.18 Å². The smallest absolute Gasteiger partial charge is 0.355 e. The summed E-state index contributed by atoms with van der Waals surface area (Å²) in [5.74, 6) is 1.64. The Balaban J connectivity index is 1.34. The third kappa shape index (κ3) is 2.72. The molecule has 2 aliphatic heterocycles. The van der Waals surface area contributed by atoms with Crippen LogP contribution in [0.4, 0.5) is 24.9 Å². The first-order chi connectivity index (χ1) is 13.4. The highest BCUT2D eigenvalue weighted by Crippen LogP contribution is 2.37. The largest absolute Gasteiger partial charge is 0.433 e. The topological polar surface area (TPSA) is 75.9 Å². The first-order valence-corrected chi connectivity index (χ1v) is 8.93. The Kier molecular flexibility index (Phi) is 3.68. The number of hydrogen-bond acceptors (Lipinski definition) is 7. The van der Waals surface area contributed by atoms with Gasteiger partial charge in [-0.3, -0.25) is 4.68 Å². The van der Waals surface area contributed by atoms with E-state index < -0.39 is 11.9 Å². The Bertz CT molecular complexity index is 1020. The van der Waals surface area contributed by atoms with Gasteiger partial charge in [0.25, 0.3) is 0 Å². The van der Waals surface area contributed by atoms with Gasteiger partial charge in [0, 0.05) is 51.3 Å². The van der Waals surface area contributed by atoms with Crippen LogP contribution in [0.25, 0.3) is 11.0 Å². The van der Waals surface area contributed by atoms with Gasteiger partial charge in [-0.2, -0.15) is 18.3 Å². The van der Waals surface area contributed by atoms with E-state index in [-0.39, 0.29) is 5.95 Å². The quantitative estimate of drug-likeness (QED) is 0.660. The molecular weight excluding hydrogens is 373 g/mol. The van der Waals surface area contributed by atoms with Crippen molar-refractivity contribution >= 4 is 22.8 Å². The molecule has 11 heteroatoms. The number of rotatable bonds is 2. The molecule has 3 aromatic rings. The fraction of sp³-hybridized carbons (Fsp3) is 0.471. The van der Waals surface area contributed by atoms with Gasteiger partial charge in [-0.1, -0.05) is 0 Å². The summed E-state index contributed by atoms with van der Waals surface area (Å²) in [5, 5.41) is 5.16. The summed E-state index contributed by atoms with van der Waals surface area (Å²) in [6.45, 7) is 2.82. The van der Waals surface area contributed by atoms with Crippen molar-refractivity contribution in [3.63, 3.8) is 0 Å². The number of fused-ring (bicyclic) bond motifs is 2. The highest BCUT2D eigenvalue weighted by molar-refractivity contribution is 5.86. The second-order valence-corrected chi connectivity index (χ2v) is 7.27. The number of alkyl halides is 3. The average Bonchev–Trinajstić information content (AvgIpc) is 3.34. The minimum Gasteiger partial charge on any atom is -0.355 e. The van der Waals surface area contributed by atoms with Crippen molar-refractivity contribution in [1.82, 2.24) is 29.7 Å². The number of anilines is 2. The second-order valence-electron chi connectivity index (χ2n) is 7.27. The number of aryl methyl sites for hydroxylation is 1. The van der Waals surface area contributed by atoms with Gasteiger partial charge in [0.1, 0.15) is 17.8 Å². The van der Waals surface area contributed by atoms with Crippen LogP contribution in [0.15, 0.2) is 24.8 Å². The van der Waals surface area contributed by atoms with Crippen LogP contribution in [0.5, 0.6) is 0 Å². The molecule has 0 N–H and O–H groups in total. The van der Waals surface area contributed by atoms with E-state index in [1.54, 1.807) is 10.9 Å². The van der Waals surface area contributed by atoms with Crippen molar-refractivity contribution in [3.8, 4) is 0 Å². The molecule has 2 saturated heterocycles. The van der Waals surface area contributed by atoms with Crippen LogP contribution >= 0.6 is 0 Å². The monoisotopic (exact) mass is 390 g/mol. The number of hydrogen-bond donors (Lipinski definition) is 0. The van der Waals surface area contributed by atoms with Crippen LogP contribution in [0.3, 0.4) is 0 Å². The number of nitrogens with zero attached hydrogens (tertiary/aromatic N) is 8. The molecule has 2 atom stereocenters. The third-order valence-electron chi connectivity index (χ3n) is 5.51. The van der Waals surface area contributed by atoms with E-state index in [1.807, 2.05) is 11.9 Å². The van der Waals surface area contributed by atoms with E-state index in [4.69, 9.17) is 0 Å². The van der Waals surface area contributed by atoms with E-state index in [2.05, 4.69) is 29.9 Å². The van der Waals surface area contributed by atoms with Crippen molar-refractivity contribution in [2.24, 2.45) is 18.9 Å². The molecule has 5 heterocycles. The molecule has 0 bridgehead atoms. The Labute approximate surface area is 158 Å². The molecular formula is C17H17F3N8. The van der Waals surface area contributed by atoms with E-state index in [0.717, 1.165) is 36.0 Å². The standard InChI is InChI=1S/C17H17F3N8/c1-26-14-12(4-24-26)15(23-9-22-14)27-5-10-7-28(8-11(10)6-27)16-21-3-2-13(25-16)17(18,19)20/h2-4,9-11H,5-8H2,1H3. The molecule has 0 amide bonds. The van der Waals surface area contributed by atoms with Gasteiger partial charge in [-0.05, 0) is 6.07 Å². The van der Waals surface area contributed by atoms with Crippen LogP contribution in [0, 0.1) is 11.8 Å². The predicted molar refractivity (Wildman–Crippen MR) is 94.7 cm³/mol. The summed E-state index contributed by atoms with van der Waals surface area (Å²) in [6, 6.07) is 0.899. The molecule has 2 unspecified atom stereocenters. The highest BCUT2D eigenvalue weighted by atomic mass is 19.4. The van der Waals surface area contributed by atoms with Crippen molar-refractivity contribution in [3.05, 3.63) is 30.5 Å². The number of aromatic nitrogens is 6. The van der Waals surface area contributed by atoms with Gasteiger partial charge in [-0.25, -0.2) is 19.9 Å². The zero-order valence-corrected chi connectivity index (χ0v) is 15.0. The van der Waals surface area contributed by atoms with Gasteiger partial charge in [0.15, 0.2) is 5.65 Å². The Hall–Kier alpha value is -2.98. The predicted octanol–water partition coefficient (Wildman–Crippen LogP) is 1.74. The maximum atomic E-state index is 12.9. The normalized spacial score (nSPS) is 22.3. The SMILES string of the molecule is Cn1ncc2c(N3CC4CN(c5nccc(C(F)(F)F)n5)CC4C3)ncnc21. The van der Waals surface area contributed by atoms with E-state index >= 15 is 0 Å². The Morgan fingerprint density at radius 1 is 1.00 bits per heavy atom. The van der Waals surface area contributed by atoms with Crippen LogP contribution < -0.4 is 9.80 Å². The van der Waals surface area contributed by atoms with Crippen LogP contribution in [0.1, 0.15) is 5.69 Å². The summed E-state index contributed by atoms with van der Waals surface area (Å²) in [6.07, 6.45) is 0.00947. The van der Waals surface area contributed by atoms with Crippen molar-refractivity contribution in [2.75, 3.05) is 36.0 Å². The minimum atomic E-state index is -4.47. The van der Waals surface area contributed by atoms with Crippen LogP contribution in [-0.2, 0) is 13.2 Å². The molecule has 28 heavy (non-hydrogen) atoms. The molecule has 0 saturated carbocycles. The summed E-state index contributed by atoms with van der Waals surface area (Å²) in [4.78, 5) is 20.5. The van der Waals surface area contributed by atoms with Crippen LogP contribution in [0.2, 0.25) is 0 Å². The third-order valence-corrected chi connectivity index (χ3v) is 5.51. The van der Waals surface area contributed by atoms with Gasteiger partial charge in [0.2, 0.25) is 5.95 Å². The van der Waals surface area contributed by atoms with E-state index in [9.17, 15) is 13.2 Å². The molecule has 8 nitrogen and oxygen atoms in total. The first kappa shape index (κ1) is 17.1. The summed E-state index contributed by atoms with van der Waals surface area (Å²) >= 11 is 0. The Morgan fingerprint density at radius 2 is 1.71 bits per heavy atom. The lowest BCUT2D eigenvalue weighted by atomic mass is 10.0. The molecule has 5 rings (SSSR count). The van der Waals surface area contributed by atoms with Gasteiger partial charge < -0.3 is 9.80 Å². The molecule has 2 aliphatic rings. The zero-order valence-electron chi connectivity index (χ0n) is 15.0. The molecule has 0 aliphatic carbocycles. The van der Waals surface area contributed by atoms with Crippen molar-refractivity contribution < 1.29 is 13.2 Å². The molecule has 0 aromatic carbocycles. The maximum absolute atomic E-state index is 12.9. The fourth-order valence-electron chi connectivity index (χ4n) is 4.19. The first-order valence-electron chi connectivity index (χ1n) is 8.93. The molecule has 0 spiro atoms. The molecule has 0 radical (unpaired) electrons. The lowest BCUT2D eigenvalue weighted by Gasteiger charge is -2.23. The molecule has 2 fully saturated rings. The average molecular weight is 390 g/mol. The minimum absolute atomic E-state index is 0.146. The zero-order chi connectivity index (χ0) is 19.5. The lowest BCUT2D eigenvalue weighted by Crippen LogP contribution is -2.30. The van der Waals surface area contributed by atoms with E-state index in [1.165, 1.54) is 12.5 Å². The van der Waals surface area contributed by atoms with E-state index in [0.29, 0.717) is 24.9 Å². The van der Waals surface area contributed by atoms with Crippen molar-refractivity contribution in [1.29, 1.82) is 0 Å². The summed E-state index contributed by atoms with van der Waals surface area (Å²) < 4.78 is 40.5. The van der Waals surface area contributed by atoms with Crippen LogP contribution in [-0.4, -0.2) is 55.9 Å². The fourth-order valence-corrected chi connectivity index (χ4v) is 4.19. The summed E-state index contributed by atoms with van der Waals surface area (Å²) in [5.41, 5.74) is -0.128. The molecule has 146 valence electrons. The Morgan fingerprint density at radius 3 is 2.43 bits per heavy atom. The van der Waals surface area contributed by atoms with Crippen molar-refractivity contribution in [2.45, 2.75) is 6.18 Å². The number of halogens is 3. The lowest BCUT2D eigenvalue weighted by molar-refractivity contribution is -0.141. The van der Waals surface area contributed by atoms with Gasteiger partial charge in [-0.15, -0.1) is 0 Å². The highest BCUT2D eigenvalue weighted by Gasteiger charge is 2.42. The maximum Gasteiger partial charge on any atom is 0.433 e.